The Morgan fingerprint density at radius 1 is 1.06 bits per heavy atom. The molecule has 1 fully saturated rings. The number of hydrogen-bond acceptors (Lipinski definition) is 4. The molecule has 2 aromatic rings. The number of aliphatic carboxylic acids is 1. The minimum absolute atomic E-state index is 0.0235. The van der Waals surface area contributed by atoms with Crippen molar-refractivity contribution in [2.45, 2.75) is 45.1 Å². The van der Waals surface area contributed by atoms with Gasteiger partial charge in [-0.2, -0.15) is 0 Å². The van der Waals surface area contributed by atoms with E-state index in [9.17, 15) is 19.5 Å². The lowest BCUT2D eigenvalue weighted by molar-refractivity contribution is -0.144. The van der Waals surface area contributed by atoms with Crippen LogP contribution < -0.4 is 5.32 Å². The lowest BCUT2D eigenvalue weighted by Gasteiger charge is -2.29. The summed E-state index contributed by atoms with van der Waals surface area (Å²) in [5.41, 5.74) is 4.62. The number of fused-ring (bicyclic) bond motifs is 3. The van der Waals surface area contributed by atoms with E-state index in [4.69, 9.17) is 4.74 Å². The Morgan fingerprint density at radius 2 is 1.68 bits per heavy atom. The third-order valence-corrected chi connectivity index (χ3v) is 7.24. The van der Waals surface area contributed by atoms with Crippen LogP contribution in [0.2, 0.25) is 0 Å². The van der Waals surface area contributed by atoms with E-state index in [-0.39, 0.29) is 31.0 Å². The molecular formula is C27H32N2O5. The summed E-state index contributed by atoms with van der Waals surface area (Å²) in [4.78, 5) is 38.8. The minimum Gasteiger partial charge on any atom is -0.481 e. The van der Waals surface area contributed by atoms with Crippen molar-refractivity contribution in [3.8, 4) is 11.1 Å². The second kappa shape index (κ2) is 10.3. The fraction of sp³-hybridized carbons (Fsp3) is 0.444. The Bertz CT molecular complexity index is 1020. The third-order valence-electron chi connectivity index (χ3n) is 7.24. The Hall–Kier alpha value is -3.35. The van der Waals surface area contributed by atoms with Gasteiger partial charge in [0.25, 0.3) is 0 Å². The van der Waals surface area contributed by atoms with Crippen LogP contribution in [0.4, 0.5) is 4.79 Å². The van der Waals surface area contributed by atoms with Crippen molar-refractivity contribution in [3.05, 3.63) is 59.7 Å². The van der Waals surface area contributed by atoms with E-state index >= 15 is 0 Å². The van der Waals surface area contributed by atoms with Gasteiger partial charge in [0.05, 0.1) is 11.8 Å². The molecule has 3 atom stereocenters. The van der Waals surface area contributed by atoms with Gasteiger partial charge in [-0.05, 0) is 41.5 Å². The molecule has 3 unspecified atom stereocenters. The van der Waals surface area contributed by atoms with Crippen LogP contribution in [0.15, 0.2) is 48.5 Å². The van der Waals surface area contributed by atoms with Crippen molar-refractivity contribution in [1.29, 1.82) is 0 Å². The molecule has 34 heavy (non-hydrogen) atoms. The fourth-order valence-corrected chi connectivity index (χ4v) is 5.42. The van der Waals surface area contributed by atoms with Gasteiger partial charge >= 0.3 is 12.1 Å². The first-order chi connectivity index (χ1) is 16.5. The smallest absolute Gasteiger partial charge is 0.407 e. The summed E-state index contributed by atoms with van der Waals surface area (Å²) in [6, 6.07) is 16.0. The second-order valence-electron chi connectivity index (χ2n) is 9.05. The van der Waals surface area contributed by atoms with E-state index in [2.05, 4.69) is 29.6 Å². The van der Waals surface area contributed by atoms with E-state index in [1.165, 1.54) is 11.1 Å². The monoisotopic (exact) mass is 464 g/mol. The van der Waals surface area contributed by atoms with Crippen molar-refractivity contribution in [2.24, 2.45) is 11.8 Å². The molecule has 1 aliphatic carbocycles. The molecular weight excluding hydrogens is 432 g/mol. The average molecular weight is 465 g/mol. The molecule has 1 saturated heterocycles. The second-order valence-corrected chi connectivity index (χ2v) is 9.05. The number of alkyl carbamates (subject to hydrolysis) is 1. The summed E-state index contributed by atoms with van der Waals surface area (Å²) in [7, 11) is 0. The number of carboxylic acid groups (broad SMARTS) is 1. The van der Waals surface area contributed by atoms with Crippen LogP contribution in [0, 0.1) is 11.8 Å². The van der Waals surface area contributed by atoms with Crippen molar-refractivity contribution in [1.82, 2.24) is 10.2 Å². The number of amides is 2. The van der Waals surface area contributed by atoms with Gasteiger partial charge in [-0.3, -0.25) is 9.59 Å². The molecule has 1 heterocycles. The van der Waals surface area contributed by atoms with Crippen LogP contribution in [-0.2, 0) is 14.3 Å². The number of nitrogens with zero attached hydrogens (tertiary/aromatic N) is 1. The first kappa shape index (κ1) is 23.8. The average Bonchev–Trinajstić information content (AvgIpc) is 3.42. The summed E-state index contributed by atoms with van der Waals surface area (Å²) in [5.74, 6) is -1.92. The number of carbonyl (C=O) groups is 3. The molecule has 7 heteroatoms. The van der Waals surface area contributed by atoms with Gasteiger partial charge in [0.1, 0.15) is 6.61 Å². The van der Waals surface area contributed by atoms with Crippen molar-refractivity contribution in [3.63, 3.8) is 0 Å². The minimum atomic E-state index is -0.855. The van der Waals surface area contributed by atoms with Gasteiger partial charge in [-0.1, -0.05) is 62.4 Å². The topological polar surface area (TPSA) is 95.9 Å². The number of nitrogens with one attached hydrogen (secondary N) is 1. The third kappa shape index (κ3) is 4.52. The molecule has 1 aliphatic heterocycles. The van der Waals surface area contributed by atoms with E-state index < -0.39 is 23.9 Å². The zero-order chi connectivity index (χ0) is 24.2. The van der Waals surface area contributed by atoms with E-state index in [1.54, 1.807) is 4.90 Å². The number of rotatable bonds is 8. The van der Waals surface area contributed by atoms with Crippen molar-refractivity contribution < 1.29 is 24.2 Å². The molecule has 7 nitrogen and oxygen atoms in total. The molecule has 0 spiro atoms. The molecule has 2 N–H and O–H groups in total. The standard InChI is InChI=1S/C27H32N2O5/c1-3-17(25(30)29-14-13-22(26(31)32)24(29)4-2)15-28-27(33)34-16-23-20-11-7-5-9-18(20)19-10-6-8-12-21(19)23/h5-12,17,22-24H,3-4,13-16H2,1-2H3,(H,28,33)(H,31,32). The summed E-state index contributed by atoms with van der Waals surface area (Å²) >= 11 is 0. The maximum atomic E-state index is 13.1. The predicted octanol–water partition coefficient (Wildman–Crippen LogP) is 4.26. The number of hydrogen-bond donors (Lipinski definition) is 2. The molecule has 2 aromatic carbocycles. The van der Waals surface area contributed by atoms with E-state index in [0.29, 0.717) is 25.8 Å². The van der Waals surface area contributed by atoms with Gasteiger partial charge in [0, 0.05) is 25.0 Å². The Labute approximate surface area is 200 Å². The van der Waals surface area contributed by atoms with E-state index in [1.807, 2.05) is 38.1 Å². The first-order valence-electron chi connectivity index (χ1n) is 12.1. The van der Waals surface area contributed by atoms with E-state index in [0.717, 1.165) is 11.1 Å². The van der Waals surface area contributed by atoms with Crippen LogP contribution in [-0.4, -0.2) is 53.7 Å². The summed E-state index contributed by atoms with van der Waals surface area (Å²) in [6.07, 6.45) is 1.06. The van der Waals surface area contributed by atoms with Crippen LogP contribution in [0.3, 0.4) is 0 Å². The van der Waals surface area contributed by atoms with Crippen LogP contribution in [0.5, 0.6) is 0 Å². The number of carbonyl (C=O) groups excluding carboxylic acids is 2. The quantitative estimate of drug-likeness (QED) is 0.609. The zero-order valence-corrected chi connectivity index (χ0v) is 19.7. The number of benzene rings is 2. The first-order valence-corrected chi connectivity index (χ1v) is 12.1. The largest absolute Gasteiger partial charge is 0.481 e. The lowest BCUT2D eigenvalue weighted by atomic mass is 9.97. The number of carboxylic acids is 1. The van der Waals surface area contributed by atoms with Gasteiger partial charge in [-0.15, -0.1) is 0 Å². The normalized spacial score (nSPS) is 19.9. The summed E-state index contributed by atoms with van der Waals surface area (Å²) in [5, 5.41) is 12.2. The molecule has 4 rings (SSSR count). The van der Waals surface area contributed by atoms with Gasteiger partial charge in [0.15, 0.2) is 0 Å². The highest BCUT2D eigenvalue weighted by Gasteiger charge is 2.41. The highest BCUT2D eigenvalue weighted by atomic mass is 16.5. The van der Waals surface area contributed by atoms with Gasteiger partial charge < -0.3 is 20.1 Å². The summed E-state index contributed by atoms with van der Waals surface area (Å²) in [6.45, 7) is 4.62. The highest BCUT2D eigenvalue weighted by molar-refractivity contribution is 5.82. The lowest BCUT2D eigenvalue weighted by Crippen LogP contribution is -2.45. The van der Waals surface area contributed by atoms with Gasteiger partial charge in [-0.25, -0.2) is 4.79 Å². The van der Waals surface area contributed by atoms with Crippen LogP contribution in [0.1, 0.15) is 50.2 Å². The molecule has 0 radical (unpaired) electrons. The molecule has 180 valence electrons. The van der Waals surface area contributed by atoms with Crippen molar-refractivity contribution in [2.75, 3.05) is 19.7 Å². The molecule has 0 saturated carbocycles. The summed E-state index contributed by atoms with van der Waals surface area (Å²) < 4.78 is 5.58. The van der Waals surface area contributed by atoms with Crippen LogP contribution in [0.25, 0.3) is 11.1 Å². The Balaban J connectivity index is 1.34. The molecule has 2 amide bonds. The SMILES string of the molecule is CCC(CNC(=O)OCC1c2ccccc2-c2ccccc21)C(=O)N1CCC(C(=O)O)C1CC. The maximum Gasteiger partial charge on any atom is 0.407 e. The predicted molar refractivity (Wildman–Crippen MR) is 128 cm³/mol. The molecule has 0 bridgehead atoms. The fourth-order valence-electron chi connectivity index (χ4n) is 5.42. The number of ether oxygens (including phenoxy) is 1. The molecule has 2 aliphatic rings. The number of likely N-dealkylation sites (tertiary alicyclic amines) is 1. The zero-order valence-electron chi connectivity index (χ0n) is 19.7. The Morgan fingerprint density at radius 3 is 2.24 bits per heavy atom. The molecule has 0 aromatic heterocycles. The van der Waals surface area contributed by atoms with Gasteiger partial charge in [0.2, 0.25) is 5.91 Å². The highest BCUT2D eigenvalue weighted by Crippen LogP contribution is 2.44. The maximum absolute atomic E-state index is 13.1. The Kier molecular flexibility index (Phi) is 7.20. The van der Waals surface area contributed by atoms with Crippen LogP contribution >= 0.6 is 0 Å². The van der Waals surface area contributed by atoms with Crippen molar-refractivity contribution >= 4 is 18.0 Å².